The van der Waals surface area contributed by atoms with Crippen LogP contribution in [0.15, 0.2) is 30.3 Å². The van der Waals surface area contributed by atoms with E-state index < -0.39 is 0 Å². The van der Waals surface area contributed by atoms with Gasteiger partial charge >= 0.3 is 5.97 Å². The van der Waals surface area contributed by atoms with Crippen molar-refractivity contribution in [2.75, 3.05) is 27.2 Å². The normalized spacial score (nSPS) is 18.1. The molecule has 0 spiro atoms. The Hall–Kier alpha value is -1.35. The van der Waals surface area contributed by atoms with Crippen molar-refractivity contribution in [2.24, 2.45) is 5.92 Å². The molecule has 0 bridgehead atoms. The first-order valence-electron chi connectivity index (χ1n) is 16.1. The number of nitrogens with zero attached hydrogens (tertiary/aromatic N) is 1. The molecule has 3 nitrogen and oxygen atoms in total. The molecule has 37 heavy (non-hydrogen) atoms. The molecule has 2 atom stereocenters. The fraction of sp³-hybridized carbons (Fsp3) is 0.794. The molecule has 0 N–H and O–H groups in total. The molecule has 0 saturated heterocycles. The zero-order valence-electron chi connectivity index (χ0n) is 24.9. The predicted octanol–water partition coefficient (Wildman–Crippen LogP) is 9.74. The van der Waals surface area contributed by atoms with E-state index in [2.05, 4.69) is 21.0 Å². The largest absolute Gasteiger partial charge is 0.458 e. The van der Waals surface area contributed by atoms with Gasteiger partial charge in [-0.3, -0.25) is 0 Å². The van der Waals surface area contributed by atoms with Crippen LogP contribution in [0, 0.1) is 5.92 Å². The van der Waals surface area contributed by atoms with Crippen molar-refractivity contribution in [3.63, 3.8) is 0 Å². The molecule has 0 unspecified atom stereocenters. The third-order valence-corrected chi connectivity index (χ3v) is 8.45. The minimum atomic E-state index is -0.152. The van der Waals surface area contributed by atoms with E-state index in [-0.39, 0.29) is 12.1 Å². The van der Waals surface area contributed by atoms with Crippen molar-refractivity contribution in [2.45, 2.75) is 141 Å². The molecule has 212 valence electrons. The van der Waals surface area contributed by atoms with Gasteiger partial charge in [-0.1, -0.05) is 121 Å². The monoisotopic (exact) mass is 514 g/mol. The Balaban J connectivity index is 1.49. The van der Waals surface area contributed by atoms with Gasteiger partial charge in [0.15, 0.2) is 0 Å². The molecule has 3 heteroatoms. The highest BCUT2D eigenvalue weighted by Crippen LogP contribution is 2.30. The molecule has 0 radical (unpaired) electrons. The lowest BCUT2D eigenvalue weighted by Crippen LogP contribution is -2.48. The summed E-state index contributed by atoms with van der Waals surface area (Å²) in [6.07, 6.45) is 27.4. The maximum atomic E-state index is 12.6. The molecular formula is C34H60NO2+. The van der Waals surface area contributed by atoms with Gasteiger partial charge in [0.2, 0.25) is 0 Å². The summed E-state index contributed by atoms with van der Waals surface area (Å²) >= 11 is 0. The predicted molar refractivity (Wildman–Crippen MR) is 159 cm³/mol. The molecule has 1 aromatic rings. The lowest BCUT2D eigenvalue weighted by atomic mass is 9.85. The number of rotatable bonds is 21. The van der Waals surface area contributed by atoms with E-state index in [1.165, 1.54) is 129 Å². The van der Waals surface area contributed by atoms with Crippen molar-refractivity contribution in [3.05, 3.63) is 35.9 Å². The fourth-order valence-corrected chi connectivity index (χ4v) is 6.13. The number of benzene rings is 1. The Kier molecular flexibility index (Phi) is 16.9. The topological polar surface area (TPSA) is 26.3 Å². The summed E-state index contributed by atoms with van der Waals surface area (Å²) in [5.41, 5.74) is 0.675. The van der Waals surface area contributed by atoms with Gasteiger partial charge < -0.3 is 9.22 Å². The van der Waals surface area contributed by atoms with Crippen molar-refractivity contribution < 1.29 is 14.0 Å². The molecule has 1 aliphatic rings. The number of hydrogen-bond acceptors (Lipinski definition) is 2. The van der Waals surface area contributed by atoms with E-state index >= 15 is 0 Å². The van der Waals surface area contributed by atoms with Crippen LogP contribution in [0.3, 0.4) is 0 Å². The third kappa shape index (κ3) is 15.0. The molecule has 1 aromatic carbocycles. The SMILES string of the molecule is CCCCCCCCCCCCCCCCCC[N+](C)(C)C[C@H]1CCCC[C@H]1OC(=O)c1ccccc1. The minimum absolute atomic E-state index is 0.0738. The van der Waals surface area contributed by atoms with Gasteiger partial charge in [0.1, 0.15) is 6.10 Å². The summed E-state index contributed by atoms with van der Waals surface area (Å²) in [6, 6.07) is 9.48. The molecule has 0 heterocycles. The molecule has 0 amide bonds. The molecule has 1 saturated carbocycles. The average Bonchev–Trinajstić information content (AvgIpc) is 2.90. The Bertz CT molecular complexity index is 686. The first kappa shape index (κ1) is 31.9. The number of esters is 1. The molecule has 1 aliphatic carbocycles. The van der Waals surface area contributed by atoms with Crippen LogP contribution < -0.4 is 0 Å². The standard InChI is InChI=1S/C34H60NO2/c1-4-5-6-7-8-9-10-11-12-13-14-15-16-17-18-24-29-35(2,3)30-32-27-22-23-28-33(32)37-34(36)31-25-20-19-21-26-31/h19-21,25-26,32-33H,4-18,22-24,27-30H2,1-3H3/q+1/t32-,33-/m1/s1. The highest BCUT2D eigenvalue weighted by Gasteiger charge is 2.33. The summed E-state index contributed by atoms with van der Waals surface area (Å²) in [5.74, 6) is 0.332. The second-order valence-corrected chi connectivity index (χ2v) is 12.5. The van der Waals surface area contributed by atoms with Crippen LogP contribution >= 0.6 is 0 Å². The van der Waals surface area contributed by atoms with Crippen molar-refractivity contribution in [3.8, 4) is 0 Å². The molecule has 0 aromatic heterocycles. The molecule has 2 rings (SSSR count). The Morgan fingerprint density at radius 1 is 0.730 bits per heavy atom. The lowest BCUT2D eigenvalue weighted by molar-refractivity contribution is -0.894. The number of hydrogen-bond donors (Lipinski definition) is 0. The number of ether oxygens (including phenoxy) is 1. The maximum Gasteiger partial charge on any atom is 0.338 e. The lowest BCUT2D eigenvalue weighted by Gasteiger charge is -2.38. The van der Waals surface area contributed by atoms with Crippen LogP contribution in [0.5, 0.6) is 0 Å². The number of quaternary nitrogens is 1. The van der Waals surface area contributed by atoms with Gasteiger partial charge in [-0.05, 0) is 44.2 Å². The second kappa shape index (κ2) is 19.7. The van der Waals surface area contributed by atoms with Crippen molar-refractivity contribution in [1.82, 2.24) is 0 Å². The molecule has 1 fully saturated rings. The Morgan fingerprint density at radius 2 is 1.22 bits per heavy atom. The van der Waals surface area contributed by atoms with Crippen molar-refractivity contribution >= 4 is 5.97 Å². The van der Waals surface area contributed by atoms with Crippen LogP contribution in [0.4, 0.5) is 0 Å². The zero-order valence-corrected chi connectivity index (χ0v) is 24.9. The first-order chi connectivity index (χ1) is 18.0. The van der Waals surface area contributed by atoms with Crippen LogP contribution in [0.2, 0.25) is 0 Å². The van der Waals surface area contributed by atoms with E-state index in [1.807, 2.05) is 30.3 Å². The summed E-state index contributed by atoms with van der Waals surface area (Å²) < 4.78 is 7.07. The van der Waals surface area contributed by atoms with Crippen molar-refractivity contribution in [1.29, 1.82) is 0 Å². The van der Waals surface area contributed by atoms with Gasteiger partial charge in [0, 0.05) is 5.92 Å². The number of unbranched alkanes of at least 4 members (excludes halogenated alkanes) is 15. The Morgan fingerprint density at radius 3 is 1.76 bits per heavy atom. The zero-order chi connectivity index (χ0) is 26.6. The van der Waals surface area contributed by atoms with Gasteiger partial charge in [-0.15, -0.1) is 0 Å². The quantitative estimate of drug-likeness (QED) is 0.0927. The minimum Gasteiger partial charge on any atom is -0.458 e. The second-order valence-electron chi connectivity index (χ2n) is 12.5. The van der Waals surface area contributed by atoms with Crippen LogP contribution in [-0.2, 0) is 4.74 Å². The smallest absolute Gasteiger partial charge is 0.338 e. The summed E-state index contributed by atoms with van der Waals surface area (Å²) in [6.45, 7) is 4.64. The van der Waals surface area contributed by atoms with Gasteiger partial charge in [-0.25, -0.2) is 4.79 Å². The van der Waals surface area contributed by atoms with Crippen LogP contribution in [0.25, 0.3) is 0 Å². The highest BCUT2D eigenvalue weighted by molar-refractivity contribution is 5.89. The third-order valence-electron chi connectivity index (χ3n) is 8.45. The summed E-state index contributed by atoms with van der Waals surface area (Å²) in [4.78, 5) is 12.6. The summed E-state index contributed by atoms with van der Waals surface area (Å²) in [7, 11) is 4.74. The van der Waals surface area contributed by atoms with Gasteiger partial charge in [0.05, 0.1) is 32.7 Å². The maximum absolute atomic E-state index is 12.6. The Labute approximate surface area is 230 Å². The average molecular weight is 515 g/mol. The van der Waals surface area contributed by atoms with E-state index in [0.717, 1.165) is 17.4 Å². The highest BCUT2D eigenvalue weighted by atomic mass is 16.5. The van der Waals surface area contributed by atoms with E-state index in [1.54, 1.807) is 0 Å². The first-order valence-corrected chi connectivity index (χ1v) is 16.1. The van der Waals surface area contributed by atoms with E-state index in [4.69, 9.17) is 4.74 Å². The van der Waals surface area contributed by atoms with E-state index in [0.29, 0.717) is 11.5 Å². The molecular weight excluding hydrogens is 454 g/mol. The van der Waals surface area contributed by atoms with Crippen LogP contribution in [0.1, 0.15) is 146 Å². The number of carbonyl (C=O) groups excluding carboxylic acids is 1. The fourth-order valence-electron chi connectivity index (χ4n) is 6.13. The van der Waals surface area contributed by atoms with Crippen LogP contribution in [-0.4, -0.2) is 43.7 Å². The van der Waals surface area contributed by atoms with E-state index in [9.17, 15) is 4.79 Å². The number of carbonyl (C=O) groups is 1. The molecule has 0 aliphatic heterocycles. The van der Waals surface area contributed by atoms with Gasteiger partial charge in [0.25, 0.3) is 0 Å². The summed E-state index contributed by atoms with van der Waals surface area (Å²) in [5, 5.41) is 0. The van der Waals surface area contributed by atoms with Gasteiger partial charge in [-0.2, -0.15) is 0 Å².